The van der Waals surface area contributed by atoms with E-state index in [9.17, 15) is 13.2 Å². The second kappa shape index (κ2) is 6.79. The van der Waals surface area contributed by atoms with Crippen LogP contribution in [0.25, 0.3) is 0 Å². The molecule has 0 amide bonds. The van der Waals surface area contributed by atoms with Gasteiger partial charge in [0.1, 0.15) is 0 Å². The van der Waals surface area contributed by atoms with E-state index < -0.39 is 15.8 Å². The lowest BCUT2D eigenvalue weighted by atomic mass is 9.63. The van der Waals surface area contributed by atoms with E-state index in [1.807, 2.05) is 6.07 Å². The summed E-state index contributed by atoms with van der Waals surface area (Å²) >= 11 is 0. The standard InChI is InChI=1S/C23H24O4S/c1-22(2)12-13-23(3,4)20-15-18(9-10-19(20)22)28(26,27)14-11-16-5-7-17(8-6-16)21(24)25/h5-10,15H,12-13H2,1-4H3,(H,24,25). The SMILES string of the molecule is CC1(C)CCC(C)(C)c2cc(S(=O)(=O)C#Cc3ccc(C(=O)O)cc3)ccc21. The zero-order valence-electron chi connectivity index (χ0n) is 16.5. The third-order valence-corrected chi connectivity index (χ3v) is 6.84. The molecule has 0 heterocycles. The van der Waals surface area contributed by atoms with E-state index in [-0.39, 0.29) is 21.3 Å². The maximum atomic E-state index is 12.8. The number of sulfone groups is 1. The molecule has 0 aromatic heterocycles. The molecular formula is C23H24O4S. The zero-order chi connectivity index (χ0) is 20.7. The molecule has 0 saturated heterocycles. The lowest BCUT2D eigenvalue weighted by Gasteiger charge is -2.41. The molecule has 2 aromatic rings. The van der Waals surface area contributed by atoms with Crippen LogP contribution in [-0.4, -0.2) is 19.5 Å². The Bertz CT molecular complexity index is 1100. The number of benzene rings is 2. The fourth-order valence-corrected chi connectivity index (χ4v) is 4.51. The minimum atomic E-state index is -3.78. The van der Waals surface area contributed by atoms with Crippen molar-refractivity contribution in [1.29, 1.82) is 0 Å². The average molecular weight is 397 g/mol. The Hall–Kier alpha value is -2.58. The van der Waals surface area contributed by atoms with Crippen molar-refractivity contribution >= 4 is 15.8 Å². The molecule has 0 aliphatic heterocycles. The fourth-order valence-electron chi connectivity index (χ4n) is 3.62. The smallest absolute Gasteiger partial charge is 0.335 e. The molecule has 1 N–H and O–H groups in total. The van der Waals surface area contributed by atoms with E-state index in [4.69, 9.17) is 5.11 Å². The fraction of sp³-hybridized carbons (Fsp3) is 0.348. The molecule has 0 saturated carbocycles. The van der Waals surface area contributed by atoms with Crippen LogP contribution < -0.4 is 0 Å². The highest BCUT2D eigenvalue weighted by Crippen LogP contribution is 2.46. The van der Waals surface area contributed by atoms with E-state index in [1.165, 1.54) is 29.8 Å². The minimum absolute atomic E-state index is 0.0186. The summed E-state index contributed by atoms with van der Waals surface area (Å²) in [4.78, 5) is 11.1. The Morgan fingerprint density at radius 2 is 1.50 bits per heavy atom. The van der Waals surface area contributed by atoms with Crippen molar-refractivity contribution in [2.45, 2.75) is 56.3 Å². The van der Waals surface area contributed by atoms with Crippen LogP contribution >= 0.6 is 0 Å². The Morgan fingerprint density at radius 3 is 2.07 bits per heavy atom. The van der Waals surface area contributed by atoms with Gasteiger partial charge in [-0.25, -0.2) is 13.2 Å². The average Bonchev–Trinajstić information content (AvgIpc) is 2.64. The minimum Gasteiger partial charge on any atom is -0.478 e. The van der Waals surface area contributed by atoms with Crippen LogP contribution in [0, 0.1) is 11.2 Å². The lowest BCUT2D eigenvalue weighted by Crippen LogP contribution is -2.34. The van der Waals surface area contributed by atoms with Crippen LogP contribution in [-0.2, 0) is 20.7 Å². The van der Waals surface area contributed by atoms with Gasteiger partial charge in [-0.1, -0.05) is 33.8 Å². The molecular weight excluding hydrogens is 372 g/mol. The Morgan fingerprint density at radius 1 is 0.929 bits per heavy atom. The molecule has 0 unspecified atom stereocenters. The predicted octanol–water partition coefficient (Wildman–Crippen LogP) is 4.52. The molecule has 28 heavy (non-hydrogen) atoms. The molecule has 5 heteroatoms. The van der Waals surface area contributed by atoms with Gasteiger partial charge in [0.2, 0.25) is 9.84 Å². The summed E-state index contributed by atoms with van der Waals surface area (Å²) in [5.74, 6) is 1.60. The second-order valence-corrected chi connectivity index (χ2v) is 10.3. The normalized spacial score (nSPS) is 17.1. The van der Waals surface area contributed by atoms with Crippen molar-refractivity contribution in [2.75, 3.05) is 0 Å². The van der Waals surface area contributed by atoms with Crippen LogP contribution in [0.2, 0.25) is 0 Å². The summed E-state index contributed by atoms with van der Waals surface area (Å²) in [7, 11) is -3.78. The molecule has 146 valence electrons. The number of rotatable bonds is 2. The second-order valence-electron chi connectivity index (χ2n) is 8.59. The van der Waals surface area contributed by atoms with Gasteiger partial charge in [-0.05, 0) is 77.1 Å². The maximum absolute atomic E-state index is 12.8. The summed E-state index contributed by atoms with van der Waals surface area (Å²) in [6.07, 6.45) is 2.06. The number of carboxylic acid groups (broad SMARTS) is 1. The van der Waals surface area contributed by atoms with Gasteiger partial charge in [0, 0.05) is 10.8 Å². The summed E-state index contributed by atoms with van der Waals surface area (Å²) in [5, 5.41) is 11.3. The van der Waals surface area contributed by atoms with Crippen molar-refractivity contribution in [3.05, 3.63) is 64.7 Å². The van der Waals surface area contributed by atoms with Crippen molar-refractivity contribution in [2.24, 2.45) is 0 Å². The number of hydrogen-bond donors (Lipinski definition) is 1. The van der Waals surface area contributed by atoms with Crippen molar-refractivity contribution in [3.63, 3.8) is 0 Å². The molecule has 0 spiro atoms. The van der Waals surface area contributed by atoms with Crippen molar-refractivity contribution < 1.29 is 18.3 Å². The summed E-state index contributed by atoms with van der Waals surface area (Å²) in [6, 6.07) is 11.2. The van der Waals surface area contributed by atoms with Gasteiger partial charge in [-0.2, -0.15) is 0 Å². The monoisotopic (exact) mass is 396 g/mol. The third-order valence-electron chi connectivity index (χ3n) is 5.60. The first-order valence-corrected chi connectivity index (χ1v) is 10.7. The van der Waals surface area contributed by atoms with Crippen LogP contribution in [0.4, 0.5) is 0 Å². The van der Waals surface area contributed by atoms with E-state index >= 15 is 0 Å². The molecule has 0 radical (unpaired) electrons. The Labute approximate surface area is 166 Å². The zero-order valence-corrected chi connectivity index (χ0v) is 17.4. The van der Waals surface area contributed by atoms with Crippen LogP contribution in [0.15, 0.2) is 47.4 Å². The van der Waals surface area contributed by atoms with Gasteiger partial charge in [-0.3, -0.25) is 0 Å². The quantitative estimate of drug-likeness (QED) is 0.758. The van der Waals surface area contributed by atoms with Crippen molar-refractivity contribution in [1.82, 2.24) is 0 Å². The molecule has 4 nitrogen and oxygen atoms in total. The van der Waals surface area contributed by atoms with Gasteiger partial charge in [-0.15, -0.1) is 0 Å². The van der Waals surface area contributed by atoms with Gasteiger partial charge in [0.25, 0.3) is 0 Å². The summed E-state index contributed by atoms with van der Waals surface area (Å²) < 4.78 is 25.5. The molecule has 1 aliphatic rings. The largest absolute Gasteiger partial charge is 0.478 e. The molecule has 3 rings (SSSR count). The highest BCUT2D eigenvalue weighted by atomic mass is 32.2. The molecule has 0 bridgehead atoms. The first-order chi connectivity index (χ1) is 12.9. The van der Waals surface area contributed by atoms with Crippen LogP contribution in [0.1, 0.15) is 67.6 Å². The van der Waals surface area contributed by atoms with Crippen LogP contribution in [0.5, 0.6) is 0 Å². The maximum Gasteiger partial charge on any atom is 0.335 e. The van der Waals surface area contributed by atoms with Gasteiger partial charge in [0.15, 0.2) is 0 Å². The molecule has 1 aliphatic carbocycles. The Kier molecular flexibility index (Phi) is 4.89. The van der Waals surface area contributed by atoms with Gasteiger partial charge >= 0.3 is 5.97 Å². The van der Waals surface area contributed by atoms with Gasteiger partial charge < -0.3 is 5.11 Å². The third kappa shape index (κ3) is 3.83. The van der Waals surface area contributed by atoms with E-state index in [1.54, 1.807) is 12.1 Å². The van der Waals surface area contributed by atoms with Crippen molar-refractivity contribution in [3.8, 4) is 11.2 Å². The number of hydrogen-bond acceptors (Lipinski definition) is 3. The van der Waals surface area contributed by atoms with Crippen LogP contribution in [0.3, 0.4) is 0 Å². The van der Waals surface area contributed by atoms with Gasteiger partial charge in [0.05, 0.1) is 10.5 Å². The Balaban J connectivity index is 1.99. The molecule has 0 fully saturated rings. The predicted molar refractivity (Wildman–Crippen MR) is 109 cm³/mol. The first-order valence-electron chi connectivity index (χ1n) is 9.19. The van der Waals surface area contributed by atoms with E-state index in [2.05, 4.69) is 38.9 Å². The lowest BCUT2D eigenvalue weighted by molar-refractivity contribution is 0.0697. The van der Waals surface area contributed by atoms with E-state index in [0.29, 0.717) is 5.56 Å². The summed E-state index contributed by atoms with van der Waals surface area (Å²) in [6.45, 7) is 8.67. The summed E-state index contributed by atoms with van der Waals surface area (Å²) in [5.41, 5.74) is 2.78. The van der Waals surface area contributed by atoms with E-state index in [0.717, 1.165) is 18.4 Å². The number of fused-ring (bicyclic) bond motifs is 1. The highest BCUT2D eigenvalue weighted by molar-refractivity contribution is 7.96. The molecule has 2 aromatic carbocycles. The number of carboxylic acids is 1. The number of carbonyl (C=O) groups is 1. The topological polar surface area (TPSA) is 71.4 Å². The number of aromatic carboxylic acids is 1. The first kappa shape index (κ1) is 20.2. The molecule has 0 atom stereocenters. The highest BCUT2D eigenvalue weighted by Gasteiger charge is 2.37.